The van der Waals surface area contributed by atoms with Crippen molar-refractivity contribution < 1.29 is 0 Å². The third kappa shape index (κ3) is 6.05. The lowest BCUT2D eigenvalue weighted by Gasteiger charge is -2.15. The Bertz CT molecular complexity index is 526. The molecular formula is C16H22IN3S. The summed E-state index contributed by atoms with van der Waals surface area (Å²) in [6.07, 6.45) is 0. The molecule has 0 saturated carbocycles. The molecule has 1 aromatic carbocycles. The normalized spacial score (nSPS) is 12.4. The molecule has 3 nitrogen and oxygen atoms in total. The first kappa shape index (κ1) is 18.0. The first-order valence-electron chi connectivity index (χ1n) is 6.80. The van der Waals surface area contributed by atoms with Gasteiger partial charge in [-0.3, -0.25) is 4.99 Å². The van der Waals surface area contributed by atoms with E-state index in [2.05, 4.69) is 51.5 Å². The van der Waals surface area contributed by atoms with Crippen LogP contribution in [0.2, 0.25) is 0 Å². The van der Waals surface area contributed by atoms with E-state index in [-0.39, 0.29) is 24.0 Å². The lowest BCUT2D eigenvalue weighted by atomic mass is 10.1. The van der Waals surface area contributed by atoms with Gasteiger partial charge < -0.3 is 10.6 Å². The highest BCUT2D eigenvalue weighted by Gasteiger charge is 2.06. The number of halogens is 1. The van der Waals surface area contributed by atoms with Crippen molar-refractivity contribution in [2.24, 2.45) is 4.99 Å². The molecule has 0 aliphatic rings. The Balaban J connectivity index is 0.00000220. The van der Waals surface area contributed by atoms with Gasteiger partial charge in [-0.15, -0.1) is 24.0 Å². The third-order valence-electron chi connectivity index (χ3n) is 3.21. The highest BCUT2D eigenvalue weighted by molar-refractivity contribution is 14.0. The van der Waals surface area contributed by atoms with Crippen LogP contribution in [0.15, 0.2) is 52.2 Å². The van der Waals surface area contributed by atoms with E-state index < -0.39 is 0 Å². The second kappa shape index (κ2) is 9.78. The van der Waals surface area contributed by atoms with Crippen molar-refractivity contribution in [3.05, 3.63) is 58.3 Å². The van der Waals surface area contributed by atoms with Gasteiger partial charge >= 0.3 is 0 Å². The molecule has 2 N–H and O–H groups in total. The first-order chi connectivity index (χ1) is 9.79. The zero-order chi connectivity index (χ0) is 14.2. The standard InChI is InChI=1S/C16H21N3S.HI/c1-13(15-8-9-20-12-15)10-18-16(17-2)19-11-14-6-4-3-5-7-14;/h3-9,12-13H,10-11H2,1-2H3,(H2,17,18,19);1H. The largest absolute Gasteiger partial charge is 0.356 e. The number of nitrogens with one attached hydrogen (secondary N) is 2. The Kier molecular flexibility index (Phi) is 8.37. The summed E-state index contributed by atoms with van der Waals surface area (Å²) in [5.74, 6) is 1.33. The highest BCUT2D eigenvalue weighted by atomic mass is 127. The molecule has 2 rings (SSSR count). The minimum absolute atomic E-state index is 0. The number of nitrogens with zero attached hydrogens (tertiary/aromatic N) is 1. The highest BCUT2D eigenvalue weighted by Crippen LogP contribution is 2.16. The van der Waals surface area contributed by atoms with Gasteiger partial charge in [0.25, 0.3) is 0 Å². The minimum atomic E-state index is 0. The fourth-order valence-corrected chi connectivity index (χ4v) is 2.71. The fourth-order valence-electron chi connectivity index (χ4n) is 1.93. The minimum Gasteiger partial charge on any atom is -0.356 e. The molecule has 0 radical (unpaired) electrons. The predicted molar refractivity (Wildman–Crippen MR) is 103 cm³/mol. The van der Waals surface area contributed by atoms with Crippen molar-refractivity contribution >= 4 is 41.3 Å². The number of benzene rings is 1. The van der Waals surface area contributed by atoms with E-state index in [4.69, 9.17) is 0 Å². The molecule has 0 fully saturated rings. The van der Waals surface area contributed by atoms with E-state index in [9.17, 15) is 0 Å². The molecule has 1 heterocycles. The van der Waals surface area contributed by atoms with Crippen molar-refractivity contribution in [2.75, 3.05) is 13.6 Å². The summed E-state index contributed by atoms with van der Waals surface area (Å²) in [5.41, 5.74) is 2.63. The van der Waals surface area contributed by atoms with Crippen molar-refractivity contribution in [1.82, 2.24) is 10.6 Å². The number of guanidine groups is 1. The summed E-state index contributed by atoms with van der Waals surface area (Å²) in [6, 6.07) is 12.5. The van der Waals surface area contributed by atoms with Crippen LogP contribution in [-0.2, 0) is 6.54 Å². The van der Waals surface area contributed by atoms with Crippen LogP contribution in [0.4, 0.5) is 0 Å². The summed E-state index contributed by atoms with van der Waals surface area (Å²) in [7, 11) is 1.80. The van der Waals surface area contributed by atoms with E-state index in [0.717, 1.165) is 19.0 Å². The van der Waals surface area contributed by atoms with Crippen LogP contribution >= 0.6 is 35.3 Å². The lowest BCUT2D eigenvalue weighted by Crippen LogP contribution is -2.38. The molecule has 114 valence electrons. The third-order valence-corrected chi connectivity index (χ3v) is 3.92. The molecule has 21 heavy (non-hydrogen) atoms. The summed E-state index contributed by atoms with van der Waals surface area (Å²) in [6.45, 7) is 3.89. The van der Waals surface area contributed by atoms with Crippen molar-refractivity contribution in [3.8, 4) is 0 Å². The van der Waals surface area contributed by atoms with Gasteiger partial charge in [-0.2, -0.15) is 11.3 Å². The Hall–Kier alpha value is -1.08. The summed E-state index contributed by atoms with van der Waals surface area (Å²) >= 11 is 1.74. The number of thiophene rings is 1. The van der Waals surface area contributed by atoms with E-state index in [1.165, 1.54) is 11.1 Å². The maximum absolute atomic E-state index is 4.25. The number of hydrogen-bond donors (Lipinski definition) is 2. The van der Waals surface area contributed by atoms with E-state index in [0.29, 0.717) is 5.92 Å². The van der Waals surface area contributed by atoms with E-state index >= 15 is 0 Å². The van der Waals surface area contributed by atoms with Gasteiger partial charge in [0.1, 0.15) is 0 Å². The zero-order valence-electron chi connectivity index (χ0n) is 12.4. The van der Waals surface area contributed by atoms with Gasteiger partial charge in [-0.1, -0.05) is 37.3 Å². The smallest absolute Gasteiger partial charge is 0.191 e. The molecular weight excluding hydrogens is 393 g/mol. The second-order valence-corrected chi connectivity index (χ2v) is 5.53. The second-order valence-electron chi connectivity index (χ2n) is 4.75. The van der Waals surface area contributed by atoms with Crippen LogP contribution in [0.5, 0.6) is 0 Å². The molecule has 1 aromatic heterocycles. The number of aliphatic imine (C=N–C) groups is 1. The van der Waals surface area contributed by atoms with Crippen LogP contribution < -0.4 is 10.6 Å². The molecule has 5 heteroatoms. The van der Waals surface area contributed by atoms with Crippen LogP contribution in [0, 0.1) is 0 Å². The molecule has 0 bridgehead atoms. The average molecular weight is 415 g/mol. The topological polar surface area (TPSA) is 36.4 Å². The predicted octanol–water partition coefficient (Wildman–Crippen LogP) is 3.83. The SMILES string of the molecule is CN=C(NCc1ccccc1)NCC(C)c1ccsc1.I. The summed E-state index contributed by atoms with van der Waals surface area (Å²) in [4.78, 5) is 4.25. The van der Waals surface area contributed by atoms with Gasteiger partial charge in [-0.25, -0.2) is 0 Å². The fraction of sp³-hybridized carbons (Fsp3) is 0.312. The van der Waals surface area contributed by atoms with Gasteiger partial charge in [0.2, 0.25) is 0 Å². The lowest BCUT2D eigenvalue weighted by molar-refractivity contribution is 0.701. The van der Waals surface area contributed by atoms with Crippen LogP contribution in [0.1, 0.15) is 24.0 Å². The summed E-state index contributed by atoms with van der Waals surface area (Å²) < 4.78 is 0. The zero-order valence-corrected chi connectivity index (χ0v) is 15.5. The molecule has 1 unspecified atom stereocenters. The van der Waals surface area contributed by atoms with Crippen molar-refractivity contribution in [3.63, 3.8) is 0 Å². The molecule has 1 atom stereocenters. The maximum Gasteiger partial charge on any atom is 0.191 e. The van der Waals surface area contributed by atoms with Crippen molar-refractivity contribution in [2.45, 2.75) is 19.4 Å². The Labute approximate surface area is 147 Å². The Morgan fingerprint density at radius 1 is 1.19 bits per heavy atom. The Morgan fingerprint density at radius 2 is 1.95 bits per heavy atom. The average Bonchev–Trinajstić information content (AvgIpc) is 3.02. The van der Waals surface area contributed by atoms with Crippen molar-refractivity contribution in [1.29, 1.82) is 0 Å². The van der Waals surface area contributed by atoms with E-state index in [1.54, 1.807) is 18.4 Å². The Morgan fingerprint density at radius 3 is 2.57 bits per heavy atom. The molecule has 0 saturated heterocycles. The number of hydrogen-bond acceptors (Lipinski definition) is 2. The molecule has 0 aliphatic carbocycles. The van der Waals surface area contributed by atoms with Gasteiger partial charge in [0, 0.05) is 20.1 Å². The van der Waals surface area contributed by atoms with Gasteiger partial charge in [-0.05, 0) is 33.9 Å². The van der Waals surface area contributed by atoms with Gasteiger partial charge in [0.05, 0.1) is 0 Å². The summed E-state index contributed by atoms with van der Waals surface area (Å²) in [5, 5.41) is 11.0. The molecule has 2 aromatic rings. The van der Waals surface area contributed by atoms with E-state index in [1.807, 2.05) is 18.2 Å². The quantitative estimate of drug-likeness (QED) is 0.443. The number of rotatable bonds is 5. The van der Waals surface area contributed by atoms with Crippen LogP contribution in [0.25, 0.3) is 0 Å². The monoisotopic (exact) mass is 415 g/mol. The maximum atomic E-state index is 4.25. The van der Waals surface area contributed by atoms with Crippen LogP contribution in [-0.4, -0.2) is 19.6 Å². The van der Waals surface area contributed by atoms with Crippen LogP contribution in [0.3, 0.4) is 0 Å². The molecule has 0 spiro atoms. The first-order valence-corrected chi connectivity index (χ1v) is 7.74. The molecule has 0 amide bonds. The molecule has 0 aliphatic heterocycles. The van der Waals surface area contributed by atoms with Gasteiger partial charge in [0.15, 0.2) is 5.96 Å².